The average Bonchev–Trinajstić information content (AvgIpc) is 2.86. The van der Waals surface area contributed by atoms with Gasteiger partial charge in [-0.1, -0.05) is 6.07 Å². The maximum Gasteiger partial charge on any atom is 0.212 e. The Bertz CT molecular complexity index is 546. The topological polar surface area (TPSA) is 57.0 Å². The van der Waals surface area contributed by atoms with Gasteiger partial charge in [-0.05, 0) is 12.5 Å². The van der Waals surface area contributed by atoms with E-state index in [-0.39, 0.29) is 5.78 Å². The normalized spacial score (nSPS) is 10.4. The predicted octanol–water partition coefficient (Wildman–Crippen LogP) is 1.66. The van der Waals surface area contributed by atoms with Crippen LogP contribution in [0.3, 0.4) is 0 Å². The van der Waals surface area contributed by atoms with E-state index >= 15 is 0 Å². The summed E-state index contributed by atoms with van der Waals surface area (Å²) in [6.45, 7) is 2.86. The van der Waals surface area contributed by atoms with E-state index in [9.17, 15) is 4.79 Å². The number of Topliss-reactive ketones (excluding diaryl/α,β-unsaturated/α-hetero) is 1. The van der Waals surface area contributed by atoms with Crippen LogP contribution in [0.1, 0.15) is 18.3 Å². The van der Waals surface area contributed by atoms with Gasteiger partial charge in [-0.25, -0.2) is 9.97 Å². The first-order valence-corrected chi connectivity index (χ1v) is 6.23. The van der Waals surface area contributed by atoms with Crippen molar-refractivity contribution in [1.82, 2.24) is 14.5 Å². The zero-order chi connectivity index (χ0) is 13.7. The largest absolute Gasteiger partial charge is 0.481 e. The summed E-state index contributed by atoms with van der Waals surface area (Å²) in [6, 6.07) is 3.62. The number of rotatable bonds is 6. The van der Waals surface area contributed by atoms with Crippen LogP contribution < -0.4 is 4.74 Å². The van der Waals surface area contributed by atoms with Gasteiger partial charge in [-0.15, -0.1) is 0 Å². The first kappa shape index (κ1) is 13.3. The Kier molecular flexibility index (Phi) is 4.28. The Balaban J connectivity index is 1.97. The molecule has 0 saturated carbocycles. The molecule has 0 atom stereocenters. The highest BCUT2D eigenvalue weighted by Crippen LogP contribution is 2.09. The van der Waals surface area contributed by atoms with E-state index in [1.165, 1.54) is 0 Å². The van der Waals surface area contributed by atoms with Gasteiger partial charge in [0.2, 0.25) is 5.88 Å². The third-order valence-electron chi connectivity index (χ3n) is 2.91. The van der Waals surface area contributed by atoms with Crippen LogP contribution in [0.4, 0.5) is 0 Å². The molecule has 2 heterocycles. The minimum absolute atomic E-state index is 0.132. The van der Waals surface area contributed by atoms with Crippen LogP contribution >= 0.6 is 0 Å². The third-order valence-corrected chi connectivity index (χ3v) is 2.91. The molecule has 0 aliphatic rings. The number of ketones is 1. The second kappa shape index (κ2) is 6.13. The number of carbonyl (C=O) groups is 1. The van der Waals surface area contributed by atoms with E-state index in [2.05, 4.69) is 9.97 Å². The van der Waals surface area contributed by atoms with E-state index in [0.29, 0.717) is 18.7 Å². The lowest BCUT2D eigenvalue weighted by Gasteiger charge is -2.05. The molecule has 0 spiro atoms. The van der Waals surface area contributed by atoms with E-state index < -0.39 is 0 Å². The number of methoxy groups -OCH3 is 1. The predicted molar refractivity (Wildman–Crippen MR) is 71.1 cm³/mol. The van der Waals surface area contributed by atoms with Gasteiger partial charge >= 0.3 is 0 Å². The minimum atomic E-state index is 0.132. The van der Waals surface area contributed by atoms with Gasteiger partial charge in [0.25, 0.3) is 0 Å². The van der Waals surface area contributed by atoms with Crippen molar-refractivity contribution in [3.8, 4) is 5.88 Å². The highest BCUT2D eigenvalue weighted by atomic mass is 16.5. The van der Waals surface area contributed by atoms with Crippen LogP contribution in [0.2, 0.25) is 0 Å². The monoisotopic (exact) mass is 259 g/mol. The van der Waals surface area contributed by atoms with Gasteiger partial charge in [0, 0.05) is 37.6 Å². The molecule has 0 radical (unpaired) electrons. The van der Waals surface area contributed by atoms with Gasteiger partial charge in [0.15, 0.2) is 0 Å². The Hall–Kier alpha value is -2.17. The number of nitrogens with zero attached hydrogens (tertiary/aromatic N) is 3. The van der Waals surface area contributed by atoms with Crippen LogP contribution in [0.5, 0.6) is 5.88 Å². The van der Waals surface area contributed by atoms with Gasteiger partial charge < -0.3 is 9.30 Å². The number of carbonyl (C=O) groups excluding carboxylic acids is 1. The summed E-state index contributed by atoms with van der Waals surface area (Å²) >= 11 is 0. The van der Waals surface area contributed by atoms with Gasteiger partial charge in [0.1, 0.15) is 11.6 Å². The van der Waals surface area contributed by atoms with Crippen LogP contribution in [0.25, 0.3) is 0 Å². The van der Waals surface area contributed by atoms with Crippen molar-refractivity contribution in [3.05, 3.63) is 42.1 Å². The lowest BCUT2D eigenvalue weighted by molar-refractivity contribution is -0.117. The summed E-state index contributed by atoms with van der Waals surface area (Å²) in [5.74, 6) is 1.50. The lowest BCUT2D eigenvalue weighted by Crippen LogP contribution is -2.11. The molecule has 2 aromatic rings. The zero-order valence-corrected chi connectivity index (χ0v) is 11.2. The summed E-state index contributed by atoms with van der Waals surface area (Å²) in [5.41, 5.74) is 0.889. The van der Waals surface area contributed by atoms with E-state index in [1.54, 1.807) is 25.6 Å². The number of aromatic nitrogens is 3. The van der Waals surface area contributed by atoms with Crippen LogP contribution in [0.15, 0.2) is 30.7 Å². The second-order valence-corrected chi connectivity index (χ2v) is 4.23. The molecule has 0 N–H and O–H groups in total. The first-order valence-electron chi connectivity index (χ1n) is 6.23. The standard InChI is InChI=1S/C14H17N3O2/c1-3-17-7-6-15-13(17)9-12(18)8-11-4-5-14(19-2)16-10-11/h4-7,10H,3,8-9H2,1-2H3. The van der Waals surface area contributed by atoms with Crippen molar-refractivity contribution in [1.29, 1.82) is 0 Å². The molecule has 0 fully saturated rings. The summed E-state index contributed by atoms with van der Waals surface area (Å²) in [5, 5.41) is 0. The van der Waals surface area contributed by atoms with Crippen molar-refractivity contribution in [3.63, 3.8) is 0 Å². The quantitative estimate of drug-likeness (QED) is 0.791. The number of hydrogen-bond donors (Lipinski definition) is 0. The number of hydrogen-bond acceptors (Lipinski definition) is 4. The van der Waals surface area contributed by atoms with Crippen molar-refractivity contribution < 1.29 is 9.53 Å². The number of imidazole rings is 1. The number of ether oxygens (including phenoxy) is 1. The minimum Gasteiger partial charge on any atom is -0.481 e. The molecule has 5 nitrogen and oxygen atoms in total. The van der Waals surface area contributed by atoms with Crippen molar-refractivity contribution >= 4 is 5.78 Å². The zero-order valence-electron chi connectivity index (χ0n) is 11.2. The number of aryl methyl sites for hydroxylation is 1. The molecular formula is C14H17N3O2. The van der Waals surface area contributed by atoms with Crippen molar-refractivity contribution in [2.24, 2.45) is 0 Å². The first-order chi connectivity index (χ1) is 9.22. The van der Waals surface area contributed by atoms with Crippen LogP contribution in [0, 0.1) is 0 Å². The fraction of sp³-hybridized carbons (Fsp3) is 0.357. The smallest absolute Gasteiger partial charge is 0.212 e. The third kappa shape index (κ3) is 3.40. The molecule has 5 heteroatoms. The highest BCUT2D eigenvalue weighted by Gasteiger charge is 2.09. The summed E-state index contributed by atoms with van der Waals surface area (Å²) in [7, 11) is 1.57. The van der Waals surface area contributed by atoms with E-state index in [0.717, 1.165) is 17.9 Å². The maximum absolute atomic E-state index is 12.0. The van der Waals surface area contributed by atoms with Gasteiger partial charge in [0.05, 0.1) is 13.5 Å². The van der Waals surface area contributed by atoms with Gasteiger partial charge in [-0.3, -0.25) is 4.79 Å². The molecule has 0 aliphatic heterocycles. The summed E-state index contributed by atoms with van der Waals surface area (Å²) < 4.78 is 6.96. The molecule has 0 amide bonds. The SMILES string of the molecule is CCn1ccnc1CC(=O)Cc1ccc(OC)nc1. The van der Waals surface area contributed by atoms with Crippen molar-refractivity contribution in [2.45, 2.75) is 26.3 Å². The molecular weight excluding hydrogens is 242 g/mol. The summed E-state index contributed by atoms with van der Waals surface area (Å²) in [6.07, 6.45) is 6.00. The average molecular weight is 259 g/mol. The fourth-order valence-corrected chi connectivity index (χ4v) is 1.90. The van der Waals surface area contributed by atoms with Crippen LogP contribution in [-0.4, -0.2) is 27.4 Å². The van der Waals surface area contributed by atoms with Crippen LogP contribution in [-0.2, 0) is 24.2 Å². The molecule has 19 heavy (non-hydrogen) atoms. The molecule has 0 saturated heterocycles. The fourth-order valence-electron chi connectivity index (χ4n) is 1.90. The molecule has 0 unspecified atom stereocenters. The molecule has 100 valence electrons. The molecule has 0 aromatic carbocycles. The Morgan fingerprint density at radius 2 is 2.16 bits per heavy atom. The molecule has 0 aliphatic carbocycles. The van der Waals surface area contributed by atoms with Gasteiger partial charge in [-0.2, -0.15) is 0 Å². The molecule has 0 bridgehead atoms. The Morgan fingerprint density at radius 1 is 1.32 bits per heavy atom. The maximum atomic E-state index is 12.0. The molecule has 2 rings (SSSR count). The lowest BCUT2D eigenvalue weighted by atomic mass is 10.1. The second-order valence-electron chi connectivity index (χ2n) is 4.23. The number of pyridine rings is 1. The Labute approximate surface area is 112 Å². The van der Waals surface area contributed by atoms with E-state index in [4.69, 9.17) is 4.74 Å². The molecule has 2 aromatic heterocycles. The van der Waals surface area contributed by atoms with E-state index in [1.807, 2.05) is 23.8 Å². The Morgan fingerprint density at radius 3 is 2.79 bits per heavy atom. The van der Waals surface area contributed by atoms with Crippen molar-refractivity contribution in [2.75, 3.05) is 7.11 Å². The highest BCUT2D eigenvalue weighted by molar-refractivity contribution is 5.82. The summed E-state index contributed by atoms with van der Waals surface area (Å²) in [4.78, 5) is 20.3.